The van der Waals surface area contributed by atoms with E-state index in [-0.39, 0.29) is 16.5 Å². The Hall–Kier alpha value is -2.78. The number of hydrogen-bond donors (Lipinski definition) is 1. The number of amides is 1. The second kappa shape index (κ2) is 9.61. The van der Waals surface area contributed by atoms with E-state index in [0.717, 1.165) is 18.4 Å². The van der Waals surface area contributed by atoms with Gasteiger partial charge in [-0.25, -0.2) is 8.42 Å². The third kappa shape index (κ3) is 4.94. The van der Waals surface area contributed by atoms with E-state index in [4.69, 9.17) is 14.2 Å². The van der Waals surface area contributed by atoms with E-state index < -0.39 is 15.9 Å². The van der Waals surface area contributed by atoms with Crippen molar-refractivity contribution in [2.75, 3.05) is 33.4 Å². The molecular formula is C24H30N2O6S. The maximum Gasteiger partial charge on any atom is 0.255 e. The van der Waals surface area contributed by atoms with Crippen molar-refractivity contribution in [1.29, 1.82) is 0 Å². The van der Waals surface area contributed by atoms with E-state index >= 15 is 0 Å². The van der Waals surface area contributed by atoms with Gasteiger partial charge in [0.1, 0.15) is 19.0 Å². The maximum atomic E-state index is 13.2. The van der Waals surface area contributed by atoms with Crippen LogP contribution in [0.2, 0.25) is 0 Å². The minimum absolute atomic E-state index is 0.0926. The van der Waals surface area contributed by atoms with E-state index in [1.807, 2.05) is 25.1 Å². The molecule has 1 saturated heterocycles. The first-order valence-corrected chi connectivity index (χ1v) is 12.6. The molecule has 2 aliphatic heterocycles. The van der Waals surface area contributed by atoms with Gasteiger partial charge in [-0.2, -0.15) is 4.31 Å². The Balaban J connectivity index is 1.55. The fraction of sp³-hybridized carbons (Fsp3) is 0.458. The van der Waals surface area contributed by atoms with Gasteiger partial charge < -0.3 is 19.5 Å². The van der Waals surface area contributed by atoms with Crippen molar-refractivity contribution in [3.63, 3.8) is 0 Å². The van der Waals surface area contributed by atoms with Gasteiger partial charge in [0.15, 0.2) is 11.5 Å². The van der Waals surface area contributed by atoms with Gasteiger partial charge in [0, 0.05) is 13.1 Å². The van der Waals surface area contributed by atoms with Crippen LogP contribution in [0.4, 0.5) is 0 Å². The smallest absolute Gasteiger partial charge is 0.255 e. The van der Waals surface area contributed by atoms with Crippen molar-refractivity contribution in [1.82, 2.24) is 9.62 Å². The minimum Gasteiger partial charge on any atom is -0.496 e. The summed E-state index contributed by atoms with van der Waals surface area (Å²) in [6.45, 7) is 5.93. The van der Waals surface area contributed by atoms with Gasteiger partial charge in [-0.15, -0.1) is 0 Å². The normalized spacial score (nSPS) is 17.9. The van der Waals surface area contributed by atoms with Gasteiger partial charge in [-0.1, -0.05) is 13.0 Å². The van der Waals surface area contributed by atoms with E-state index in [0.29, 0.717) is 49.5 Å². The highest BCUT2D eigenvalue weighted by molar-refractivity contribution is 7.89. The molecule has 178 valence electrons. The first-order valence-electron chi connectivity index (χ1n) is 11.2. The molecule has 4 rings (SSSR count). The monoisotopic (exact) mass is 474 g/mol. The van der Waals surface area contributed by atoms with Crippen molar-refractivity contribution in [2.45, 2.75) is 37.6 Å². The van der Waals surface area contributed by atoms with Crippen LogP contribution in [-0.2, 0) is 10.0 Å². The molecule has 0 spiro atoms. The molecule has 1 fully saturated rings. The SMILES string of the molecule is COc1ccc(S(=O)(=O)N2CCC(C)CC2)cc1C(=O)NC(C)c1ccc2c(c1)OCCO2. The Labute approximate surface area is 194 Å². The topological polar surface area (TPSA) is 94.2 Å². The number of ether oxygens (including phenoxy) is 3. The van der Waals surface area contributed by atoms with Crippen LogP contribution in [0.15, 0.2) is 41.3 Å². The number of nitrogens with one attached hydrogen (secondary N) is 1. The van der Waals surface area contributed by atoms with Crippen LogP contribution >= 0.6 is 0 Å². The Kier molecular flexibility index (Phi) is 6.81. The number of rotatable bonds is 6. The van der Waals surface area contributed by atoms with Crippen molar-refractivity contribution in [3.05, 3.63) is 47.5 Å². The number of sulfonamides is 1. The summed E-state index contributed by atoms with van der Waals surface area (Å²) >= 11 is 0. The van der Waals surface area contributed by atoms with Crippen molar-refractivity contribution >= 4 is 15.9 Å². The zero-order valence-electron chi connectivity index (χ0n) is 19.2. The zero-order chi connectivity index (χ0) is 23.6. The Morgan fingerprint density at radius 3 is 2.48 bits per heavy atom. The highest BCUT2D eigenvalue weighted by atomic mass is 32.2. The van der Waals surface area contributed by atoms with E-state index in [1.165, 1.54) is 29.6 Å². The minimum atomic E-state index is -3.69. The van der Waals surface area contributed by atoms with Crippen LogP contribution < -0.4 is 19.5 Å². The quantitative estimate of drug-likeness (QED) is 0.690. The molecule has 2 aromatic carbocycles. The van der Waals surface area contributed by atoms with E-state index in [1.54, 1.807) is 0 Å². The van der Waals surface area contributed by atoms with Gasteiger partial charge >= 0.3 is 0 Å². The second-order valence-corrected chi connectivity index (χ2v) is 10.5. The summed E-state index contributed by atoms with van der Waals surface area (Å²) in [5, 5.41) is 2.93. The molecule has 0 aromatic heterocycles. The number of carbonyl (C=O) groups excluding carboxylic acids is 1. The molecule has 1 amide bonds. The summed E-state index contributed by atoms with van der Waals surface area (Å²) < 4.78 is 44.4. The van der Waals surface area contributed by atoms with Crippen LogP contribution in [0.5, 0.6) is 17.2 Å². The number of nitrogens with zero attached hydrogens (tertiary/aromatic N) is 1. The van der Waals surface area contributed by atoms with Crippen LogP contribution in [0.1, 0.15) is 48.7 Å². The van der Waals surface area contributed by atoms with Crippen LogP contribution in [-0.4, -0.2) is 52.0 Å². The first-order chi connectivity index (χ1) is 15.8. The van der Waals surface area contributed by atoms with Crippen molar-refractivity contribution < 1.29 is 27.4 Å². The number of hydrogen-bond acceptors (Lipinski definition) is 6. The third-order valence-electron chi connectivity index (χ3n) is 6.21. The van der Waals surface area contributed by atoms with Gasteiger partial charge in [-0.05, 0) is 61.6 Å². The van der Waals surface area contributed by atoms with Gasteiger partial charge in [-0.3, -0.25) is 4.79 Å². The highest BCUT2D eigenvalue weighted by Gasteiger charge is 2.29. The van der Waals surface area contributed by atoms with Crippen LogP contribution in [0, 0.1) is 5.92 Å². The largest absolute Gasteiger partial charge is 0.496 e. The number of carbonyl (C=O) groups is 1. The standard InChI is InChI=1S/C24H30N2O6S/c1-16-8-10-26(11-9-16)33(28,29)19-5-7-21(30-3)20(15-19)24(27)25-17(2)18-4-6-22-23(14-18)32-13-12-31-22/h4-7,14-17H,8-13H2,1-3H3,(H,25,27). The zero-order valence-corrected chi connectivity index (χ0v) is 20.0. The van der Waals surface area contributed by atoms with E-state index in [9.17, 15) is 13.2 Å². The summed E-state index contributed by atoms with van der Waals surface area (Å²) in [6, 6.07) is 9.61. The molecule has 8 nitrogen and oxygen atoms in total. The first kappa shape index (κ1) is 23.4. The lowest BCUT2D eigenvalue weighted by Gasteiger charge is -2.29. The fourth-order valence-corrected chi connectivity index (χ4v) is 5.58. The summed E-state index contributed by atoms with van der Waals surface area (Å²) in [6.07, 6.45) is 1.66. The Morgan fingerprint density at radius 1 is 1.09 bits per heavy atom. The molecule has 0 saturated carbocycles. The van der Waals surface area contributed by atoms with Gasteiger partial charge in [0.25, 0.3) is 5.91 Å². The average molecular weight is 475 g/mol. The molecule has 0 aliphatic carbocycles. The van der Waals surface area contributed by atoms with E-state index in [2.05, 4.69) is 12.2 Å². The molecule has 0 bridgehead atoms. The molecule has 9 heteroatoms. The Bertz CT molecular complexity index is 1130. The molecule has 0 radical (unpaired) electrons. The molecule has 1 N–H and O–H groups in total. The lowest BCUT2D eigenvalue weighted by atomic mass is 10.0. The van der Waals surface area contributed by atoms with Gasteiger partial charge in [0.2, 0.25) is 10.0 Å². The molecule has 2 heterocycles. The summed E-state index contributed by atoms with van der Waals surface area (Å²) in [4.78, 5) is 13.2. The summed E-state index contributed by atoms with van der Waals surface area (Å²) in [5.41, 5.74) is 1.02. The molecular weight excluding hydrogens is 444 g/mol. The predicted molar refractivity (Wildman–Crippen MR) is 123 cm³/mol. The average Bonchev–Trinajstić information content (AvgIpc) is 2.83. The summed E-state index contributed by atoms with van der Waals surface area (Å²) in [5.74, 6) is 1.72. The molecule has 2 aliphatic rings. The second-order valence-electron chi connectivity index (χ2n) is 8.55. The molecule has 1 unspecified atom stereocenters. The number of methoxy groups -OCH3 is 1. The van der Waals surface area contributed by atoms with Gasteiger partial charge in [0.05, 0.1) is 23.6 Å². The maximum absolute atomic E-state index is 13.2. The number of piperidine rings is 1. The highest BCUT2D eigenvalue weighted by Crippen LogP contribution is 2.33. The predicted octanol–water partition coefficient (Wildman–Crippen LogP) is 3.38. The van der Waals surface area contributed by atoms with Crippen molar-refractivity contribution in [2.24, 2.45) is 5.92 Å². The third-order valence-corrected chi connectivity index (χ3v) is 8.10. The molecule has 33 heavy (non-hydrogen) atoms. The van der Waals surface area contributed by atoms with Crippen molar-refractivity contribution in [3.8, 4) is 17.2 Å². The molecule has 2 aromatic rings. The number of benzene rings is 2. The van der Waals surface area contributed by atoms with Crippen LogP contribution in [0.25, 0.3) is 0 Å². The summed E-state index contributed by atoms with van der Waals surface area (Å²) in [7, 11) is -2.24. The lowest BCUT2D eigenvalue weighted by Crippen LogP contribution is -2.38. The molecule has 1 atom stereocenters. The fourth-order valence-electron chi connectivity index (χ4n) is 4.09. The van der Waals surface area contributed by atoms with Crippen LogP contribution in [0.3, 0.4) is 0 Å². The lowest BCUT2D eigenvalue weighted by molar-refractivity contribution is 0.0936. The number of fused-ring (bicyclic) bond motifs is 1. The Morgan fingerprint density at radius 2 is 1.79 bits per heavy atom.